The van der Waals surface area contributed by atoms with Crippen LogP contribution in [0.4, 0.5) is 28.2 Å². The number of anilines is 1. The zero-order chi connectivity index (χ0) is 26.7. The summed E-state index contributed by atoms with van der Waals surface area (Å²) in [4.78, 5) is 21.8. The average Bonchev–Trinajstić information content (AvgIpc) is 3.29. The summed E-state index contributed by atoms with van der Waals surface area (Å²) in [7, 11) is 0. The predicted molar refractivity (Wildman–Crippen MR) is 126 cm³/mol. The standard InChI is InChI=1S/C24H29BrF4N4O3/c1-20(2,24(27,28)29)16(33(19(34)35)15-13-14(25)5-12-30-15)22-6-9-23(10-7-22,11-8-22)17-31-18(36-32-17)21(3,4)26/h5,12-13,16H,6-11H2,1-4H3,(H,34,35). The maximum atomic E-state index is 14.5. The van der Waals surface area contributed by atoms with Crippen LogP contribution in [0.25, 0.3) is 0 Å². The Hall–Kier alpha value is -2.24. The highest BCUT2D eigenvalue weighted by molar-refractivity contribution is 9.10. The van der Waals surface area contributed by atoms with Crippen LogP contribution in [0.5, 0.6) is 0 Å². The van der Waals surface area contributed by atoms with Crippen molar-refractivity contribution in [3.63, 3.8) is 0 Å². The summed E-state index contributed by atoms with van der Waals surface area (Å²) in [6, 6.07) is 1.58. The van der Waals surface area contributed by atoms with Gasteiger partial charge < -0.3 is 9.63 Å². The van der Waals surface area contributed by atoms with E-state index in [4.69, 9.17) is 4.52 Å². The largest absolute Gasteiger partial charge is 0.465 e. The molecule has 1 N–H and O–H groups in total. The molecule has 0 aromatic carbocycles. The number of carboxylic acid groups (broad SMARTS) is 1. The Morgan fingerprint density at radius 3 is 2.14 bits per heavy atom. The molecule has 3 fully saturated rings. The number of halogens is 5. The van der Waals surface area contributed by atoms with Crippen LogP contribution >= 0.6 is 15.9 Å². The van der Waals surface area contributed by atoms with Crippen molar-refractivity contribution in [2.24, 2.45) is 10.8 Å². The van der Waals surface area contributed by atoms with Crippen molar-refractivity contribution in [3.8, 4) is 0 Å². The third kappa shape index (κ3) is 4.39. The summed E-state index contributed by atoms with van der Waals surface area (Å²) in [5.74, 6) is 0.166. The molecule has 2 bridgehead atoms. The van der Waals surface area contributed by atoms with Crippen molar-refractivity contribution in [1.29, 1.82) is 0 Å². The first kappa shape index (κ1) is 26.8. The summed E-state index contributed by atoms with van der Waals surface area (Å²) in [6.45, 7) is 4.75. The van der Waals surface area contributed by atoms with Crippen molar-refractivity contribution in [1.82, 2.24) is 15.1 Å². The van der Waals surface area contributed by atoms with Gasteiger partial charge >= 0.3 is 12.3 Å². The zero-order valence-corrected chi connectivity index (χ0v) is 22.1. The third-order valence-electron chi connectivity index (χ3n) is 8.13. The molecule has 1 unspecified atom stereocenters. The van der Waals surface area contributed by atoms with Gasteiger partial charge in [0.05, 0.1) is 11.5 Å². The molecule has 5 rings (SSSR count). The third-order valence-corrected chi connectivity index (χ3v) is 8.62. The number of alkyl halides is 4. The van der Waals surface area contributed by atoms with Crippen LogP contribution in [0.15, 0.2) is 27.3 Å². The molecule has 1 amide bonds. The topological polar surface area (TPSA) is 92.4 Å². The molecule has 0 spiro atoms. The molecule has 2 aromatic rings. The molecule has 3 saturated carbocycles. The van der Waals surface area contributed by atoms with Crippen LogP contribution in [-0.2, 0) is 11.1 Å². The number of hydrogen-bond donors (Lipinski definition) is 1. The Labute approximate surface area is 214 Å². The van der Waals surface area contributed by atoms with Crippen molar-refractivity contribution in [2.45, 2.75) is 89.5 Å². The molecule has 0 saturated heterocycles. The van der Waals surface area contributed by atoms with Crippen LogP contribution in [0.2, 0.25) is 0 Å². The maximum Gasteiger partial charge on any atom is 0.413 e. The fraction of sp³-hybridized carbons (Fsp3) is 0.667. The predicted octanol–water partition coefficient (Wildman–Crippen LogP) is 7.17. The first-order chi connectivity index (χ1) is 16.5. The number of rotatable bonds is 6. The fourth-order valence-electron chi connectivity index (χ4n) is 6.02. The van der Waals surface area contributed by atoms with E-state index >= 15 is 0 Å². The second-order valence-corrected chi connectivity index (χ2v) is 12.1. The Kier molecular flexibility index (Phi) is 6.45. The van der Waals surface area contributed by atoms with Crippen molar-refractivity contribution in [2.75, 3.05) is 4.90 Å². The molecule has 198 valence electrons. The normalized spacial score (nSPS) is 25.6. The van der Waals surface area contributed by atoms with E-state index in [2.05, 4.69) is 31.1 Å². The lowest BCUT2D eigenvalue weighted by Gasteiger charge is -2.60. The van der Waals surface area contributed by atoms with E-state index < -0.39 is 40.2 Å². The van der Waals surface area contributed by atoms with Gasteiger partial charge in [0.25, 0.3) is 5.89 Å². The van der Waals surface area contributed by atoms with Gasteiger partial charge in [-0.25, -0.2) is 14.2 Å². The monoisotopic (exact) mass is 576 g/mol. The summed E-state index contributed by atoms with van der Waals surface area (Å²) >= 11 is 3.27. The van der Waals surface area contributed by atoms with E-state index in [-0.39, 0.29) is 11.7 Å². The Bertz CT molecular complexity index is 1120. The average molecular weight is 577 g/mol. The molecule has 2 aromatic heterocycles. The Morgan fingerprint density at radius 1 is 1.11 bits per heavy atom. The van der Waals surface area contributed by atoms with E-state index in [0.29, 0.717) is 48.8 Å². The van der Waals surface area contributed by atoms with Crippen molar-refractivity contribution < 1.29 is 32.0 Å². The quantitative estimate of drug-likeness (QED) is 0.366. The second-order valence-electron chi connectivity index (χ2n) is 11.1. The van der Waals surface area contributed by atoms with Crippen LogP contribution in [0, 0.1) is 10.8 Å². The van der Waals surface area contributed by atoms with E-state index in [9.17, 15) is 27.5 Å². The molecular weight excluding hydrogens is 548 g/mol. The van der Waals surface area contributed by atoms with Gasteiger partial charge in [0.1, 0.15) is 5.82 Å². The number of aromatic nitrogens is 3. The number of nitrogens with zero attached hydrogens (tertiary/aromatic N) is 4. The Balaban J connectivity index is 1.75. The van der Waals surface area contributed by atoms with Crippen molar-refractivity contribution in [3.05, 3.63) is 34.5 Å². The van der Waals surface area contributed by atoms with E-state index in [1.165, 1.54) is 26.1 Å². The highest BCUT2D eigenvalue weighted by Gasteiger charge is 2.65. The number of carbonyl (C=O) groups is 1. The first-order valence-corrected chi connectivity index (χ1v) is 12.6. The van der Waals surface area contributed by atoms with Crippen molar-refractivity contribution >= 4 is 27.8 Å². The molecular formula is C24H29BrF4N4O3. The lowest BCUT2D eigenvalue weighted by atomic mass is 9.48. The molecule has 3 aliphatic carbocycles. The number of fused-ring (bicyclic) bond motifs is 3. The molecule has 36 heavy (non-hydrogen) atoms. The van der Waals surface area contributed by atoms with Gasteiger partial charge in [0.2, 0.25) is 0 Å². The van der Waals surface area contributed by atoms with Crippen LogP contribution in [0.3, 0.4) is 0 Å². The minimum atomic E-state index is -4.67. The lowest BCUT2D eigenvalue weighted by molar-refractivity contribution is -0.233. The van der Waals surface area contributed by atoms with Crippen LogP contribution in [0.1, 0.15) is 77.9 Å². The van der Waals surface area contributed by atoms with Gasteiger partial charge in [0, 0.05) is 16.1 Å². The summed E-state index contributed by atoms with van der Waals surface area (Å²) in [6.07, 6.45) is -2.47. The zero-order valence-electron chi connectivity index (χ0n) is 20.5. The molecule has 0 radical (unpaired) electrons. The Morgan fingerprint density at radius 2 is 1.69 bits per heavy atom. The second kappa shape index (κ2) is 8.66. The molecule has 3 aliphatic rings. The number of amides is 1. The molecule has 2 heterocycles. The SMILES string of the molecule is CC(C)(F)c1nc(C23CCC(C(N(C(=O)O)c4cc(Br)ccn4)C(C)(C)C(F)(F)F)(CC2)CC3)no1. The van der Waals surface area contributed by atoms with E-state index in [0.717, 1.165) is 18.7 Å². The van der Waals surface area contributed by atoms with Gasteiger partial charge in [-0.05, 0) is 83.8 Å². The smallest absolute Gasteiger partial charge is 0.413 e. The molecule has 0 aliphatic heterocycles. The molecule has 7 nitrogen and oxygen atoms in total. The highest BCUT2D eigenvalue weighted by atomic mass is 79.9. The van der Waals surface area contributed by atoms with Gasteiger partial charge in [-0.2, -0.15) is 18.2 Å². The molecule has 12 heteroatoms. The summed E-state index contributed by atoms with van der Waals surface area (Å²) in [5, 5.41) is 14.2. The molecule has 1 atom stereocenters. The van der Waals surface area contributed by atoms with Gasteiger partial charge in [0.15, 0.2) is 11.5 Å². The summed E-state index contributed by atoms with van der Waals surface area (Å²) < 4.78 is 63.5. The van der Waals surface area contributed by atoms with Gasteiger partial charge in [-0.15, -0.1) is 0 Å². The van der Waals surface area contributed by atoms with E-state index in [1.807, 2.05) is 0 Å². The minimum Gasteiger partial charge on any atom is -0.465 e. The van der Waals surface area contributed by atoms with Gasteiger partial charge in [-0.3, -0.25) is 4.90 Å². The first-order valence-electron chi connectivity index (χ1n) is 11.8. The highest BCUT2D eigenvalue weighted by Crippen LogP contribution is 2.63. The minimum absolute atomic E-state index is 0.0658. The number of hydrogen-bond acceptors (Lipinski definition) is 5. The maximum absolute atomic E-state index is 14.5. The van der Waals surface area contributed by atoms with Gasteiger partial charge in [-0.1, -0.05) is 21.1 Å². The fourth-order valence-corrected chi connectivity index (χ4v) is 6.35. The van der Waals surface area contributed by atoms with Crippen LogP contribution < -0.4 is 4.90 Å². The van der Waals surface area contributed by atoms with Crippen LogP contribution in [-0.4, -0.2) is 38.5 Å². The lowest BCUT2D eigenvalue weighted by Crippen LogP contribution is -2.65. The van der Waals surface area contributed by atoms with E-state index in [1.54, 1.807) is 6.07 Å². The number of pyridine rings is 1. The summed E-state index contributed by atoms with van der Waals surface area (Å²) in [5.41, 5.74) is -5.67.